The monoisotopic (exact) mass is 187 g/mol. The molecule has 0 fully saturated rings. The zero-order chi connectivity index (χ0) is 9.97. The molecule has 0 N–H and O–H groups in total. The molecule has 0 amide bonds. The maximum absolute atomic E-state index is 4.39. The Balaban J connectivity index is 2.48. The first-order valence-electron chi connectivity index (χ1n) is 4.79. The van der Waals surface area contributed by atoms with E-state index in [1.807, 2.05) is 30.3 Å². The molecule has 0 aliphatic rings. The molecule has 1 aromatic heterocycles. The summed E-state index contributed by atoms with van der Waals surface area (Å²) in [5, 5.41) is 8.78. The highest BCUT2D eigenvalue weighted by atomic mass is 15.5. The second kappa shape index (κ2) is 3.62. The molecule has 1 unspecified atom stereocenters. The molecule has 72 valence electrons. The van der Waals surface area contributed by atoms with Crippen LogP contribution in [0.1, 0.15) is 19.4 Å². The Kier molecular flexibility index (Phi) is 2.31. The summed E-state index contributed by atoms with van der Waals surface area (Å²) in [6, 6.07) is 8.07. The molecule has 3 nitrogen and oxygen atoms in total. The lowest BCUT2D eigenvalue weighted by molar-refractivity contribution is 0.469. The lowest BCUT2D eigenvalue weighted by Gasteiger charge is -2.06. The molecule has 0 aliphatic heterocycles. The van der Waals surface area contributed by atoms with Crippen molar-refractivity contribution in [2.24, 2.45) is 0 Å². The molecule has 0 radical (unpaired) electrons. The van der Waals surface area contributed by atoms with Gasteiger partial charge in [0.25, 0.3) is 0 Å². The Bertz CT molecular complexity index is 411. The van der Waals surface area contributed by atoms with Crippen molar-refractivity contribution >= 4 is 11.0 Å². The zero-order valence-corrected chi connectivity index (χ0v) is 8.22. The molecule has 0 aliphatic carbocycles. The third-order valence-corrected chi connectivity index (χ3v) is 2.29. The van der Waals surface area contributed by atoms with Gasteiger partial charge in [-0.25, -0.2) is 0 Å². The summed E-state index contributed by atoms with van der Waals surface area (Å²) in [7, 11) is 0. The number of fused-ring (bicyclic) bond motifs is 1. The van der Waals surface area contributed by atoms with E-state index in [1.165, 1.54) is 0 Å². The molecule has 1 aromatic carbocycles. The summed E-state index contributed by atoms with van der Waals surface area (Å²) in [6.07, 6.45) is 2.84. The Morgan fingerprint density at radius 1 is 1.36 bits per heavy atom. The fourth-order valence-electron chi connectivity index (χ4n) is 1.45. The van der Waals surface area contributed by atoms with Crippen molar-refractivity contribution in [1.29, 1.82) is 0 Å². The average molecular weight is 187 g/mol. The van der Waals surface area contributed by atoms with Crippen LogP contribution in [-0.2, 0) is 0 Å². The molecule has 1 atom stereocenters. The minimum Gasteiger partial charge on any atom is -0.177 e. The topological polar surface area (TPSA) is 30.7 Å². The van der Waals surface area contributed by atoms with Crippen LogP contribution >= 0.6 is 0 Å². The Labute approximate surface area is 83.0 Å². The summed E-state index contributed by atoms with van der Waals surface area (Å²) in [6.45, 7) is 5.88. The van der Waals surface area contributed by atoms with Crippen molar-refractivity contribution in [1.82, 2.24) is 15.0 Å². The van der Waals surface area contributed by atoms with Gasteiger partial charge in [-0.3, -0.25) is 0 Å². The van der Waals surface area contributed by atoms with E-state index >= 15 is 0 Å². The van der Waals surface area contributed by atoms with Crippen LogP contribution in [0.4, 0.5) is 0 Å². The molecular formula is C11H13N3. The van der Waals surface area contributed by atoms with Crippen molar-refractivity contribution in [3.8, 4) is 0 Å². The first-order valence-corrected chi connectivity index (χ1v) is 4.79. The lowest BCUT2D eigenvalue weighted by atomic mass is 10.2. The van der Waals surface area contributed by atoms with Gasteiger partial charge in [-0.15, -0.1) is 6.58 Å². The summed E-state index contributed by atoms with van der Waals surface area (Å²) < 4.78 is 0. The lowest BCUT2D eigenvalue weighted by Crippen LogP contribution is -2.08. The smallest absolute Gasteiger partial charge is 0.113 e. The highest BCUT2D eigenvalue weighted by Gasteiger charge is 2.07. The normalized spacial score (nSPS) is 12.9. The van der Waals surface area contributed by atoms with E-state index in [2.05, 4.69) is 23.7 Å². The Hall–Kier alpha value is -1.64. The fraction of sp³-hybridized carbons (Fsp3) is 0.273. The second-order valence-corrected chi connectivity index (χ2v) is 3.22. The molecule has 0 bridgehead atoms. The van der Waals surface area contributed by atoms with Crippen LogP contribution in [0.5, 0.6) is 0 Å². The molecular weight excluding hydrogens is 174 g/mol. The van der Waals surface area contributed by atoms with Gasteiger partial charge in [-0.1, -0.05) is 25.1 Å². The molecule has 3 heteroatoms. The summed E-state index contributed by atoms with van der Waals surface area (Å²) in [5.74, 6) is 0. The number of allylic oxidation sites excluding steroid dienone is 1. The molecule has 0 spiro atoms. The predicted octanol–water partition coefficient (Wildman–Crippen LogP) is 2.57. The van der Waals surface area contributed by atoms with Crippen molar-refractivity contribution in [2.45, 2.75) is 19.4 Å². The molecule has 1 heterocycles. The minimum absolute atomic E-state index is 0.197. The number of hydrogen-bond acceptors (Lipinski definition) is 2. The van der Waals surface area contributed by atoms with Crippen LogP contribution in [0, 0.1) is 0 Å². The van der Waals surface area contributed by atoms with Crippen LogP contribution in [0.2, 0.25) is 0 Å². The first-order chi connectivity index (χ1) is 6.85. The maximum atomic E-state index is 4.39. The molecule has 14 heavy (non-hydrogen) atoms. The summed E-state index contributed by atoms with van der Waals surface area (Å²) >= 11 is 0. The van der Waals surface area contributed by atoms with Gasteiger partial charge in [0.15, 0.2) is 0 Å². The van der Waals surface area contributed by atoms with E-state index in [0.717, 1.165) is 17.5 Å². The minimum atomic E-state index is 0.197. The van der Waals surface area contributed by atoms with Crippen LogP contribution in [0.3, 0.4) is 0 Å². The molecule has 2 aromatic rings. The van der Waals surface area contributed by atoms with Gasteiger partial charge < -0.3 is 0 Å². The maximum Gasteiger partial charge on any atom is 0.113 e. The number of hydrogen-bond donors (Lipinski definition) is 0. The van der Waals surface area contributed by atoms with Gasteiger partial charge in [0.1, 0.15) is 11.0 Å². The third kappa shape index (κ3) is 1.41. The largest absolute Gasteiger partial charge is 0.177 e. The second-order valence-electron chi connectivity index (χ2n) is 3.22. The van der Waals surface area contributed by atoms with Crippen LogP contribution < -0.4 is 0 Å². The van der Waals surface area contributed by atoms with E-state index in [0.29, 0.717) is 0 Å². The average Bonchev–Trinajstić information content (AvgIpc) is 2.63. The first kappa shape index (κ1) is 8.94. The van der Waals surface area contributed by atoms with Gasteiger partial charge >= 0.3 is 0 Å². The number of nitrogens with zero attached hydrogens (tertiary/aromatic N) is 3. The SMILES string of the molecule is C=CC(CC)n1nc2ccccc2n1. The molecule has 0 saturated heterocycles. The predicted molar refractivity (Wildman–Crippen MR) is 57.1 cm³/mol. The van der Waals surface area contributed by atoms with E-state index in [4.69, 9.17) is 0 Å². The standard InChI is InChI=1S/C11H13N3/c1-3-9(4-2)14-12-10-7-5-6-8-11(10)13-14/h3,5-9H,1,4H2,2H3. The highest BCUT2D eigenvalue weighted by Crippen LogP contribution is 2.13. The van der Waals surface area contributed by atoms with E-state index < -0.39 is 0 Å². The van der Waals surface area contributed by atoms with Crippen LogP contribution in [0.25, 0.3) is 11.0 Å². The van der Waals surface area contributed by atoms with Crippen LogP contribution in [0.15, 0.2) is 36.9 Å². The van der Waals surface area contributed by atoms with Gasteiger partial charge in [-0.2, -0.15) is 15.0 Å². The van der Waals surface area contributed by atoms with Crippen molar-refractivity contribution in [3.05, 3.63) is 36.9 Å². The van der Waals surface area contributed by atoms with Gasteiger partial charge in [0.2, 0.25) is 0 Å². The highest BCUT2D eigenvalue weighted by molar-refractivity contribution is 5.72. The Morgan fingerprint density at radius 3 is 2.36 bits per heavy atom. The van der Waals surface area contributed by atoms with E-state index in [-0.39, 0.29) is 6.04 Å². The molecule has 2 rings (SSSR count). The van der Waals surface area contributed by atoms with Gasteiger partial charge in [0, 0.05) is 0 Å². The zero-order valence-electron chi connectivity index (χ0n) is 8.22. The van der Waals surface area contributed by atoms with Gasteiger partial charge in [0.05, 0.1) is 6.04 Å². The summed E-state index contributed by atoms with van der Waals surface area (Å²) in [4.78, 5) is 1.73. The number of rotatable bonds is 3. The van der Waals surface area contributed by atoms with Crippen molar-refractivity contribution in [2.75, 3.05) is 0 Å². The molecule has 0 saturated carbocycles. The van der Waals surface area contributed by atoms with E-state index in [1.54, 1.807) is 4.80 Å². The van der Waals surface area contributed by atoms with Crippen molar-refractivity contribution in [3.63, 3.8) is 0 Å². The fourth-order valence-corrected chi connectivity index (χ4v) is 1.45. The van der Waals surface area contributed by atoms with Crippen molar-refractivity contribution < 1.29 is 0 Å². The summed E-state index contributed by atoms with van der Waals surface area (Å²) in [5.41, 5.74) is 1.88. The van der Waals surface area contributed by atoms with Gasteiger partial charge in [-0.05, 0) is 18.6 Å². The van der Waals surface area contributed by atoms with E-state index in [9.17, 15) is 0 Å². The number of benzene rings is 1. The van der Waals surface area contributed by atoms with Crippen LogP contribution in [-0.4, -0.2) is 15.0 Å². The third-order valence-electron chi connectivity index (χ3n) is 2.29. The number of aromatic nitrogens is 3. The Morgan fingerprint density at radius 2 is 1.93 bits per heavy atom. The quantitative estimate of drug-likeness (QED) is 0.691.